The van der Waals surface area contributed by atoms with E-state index in [0.29, 0.717) is 25.3 Å². The van der Waals surface area contributed by atoms with Crippen LogP contribution in [0.5, 0.6) is 0 Å². The predicted octanol–water partition coefficient (Wildman–Crippen LogP) is 2.27. The molecule has 6 nitrogen and oxygen atoms in total. The molecule has 1 heterocycles. The van der Waals surface area contributed by atoms with Crippen LogP contribution < -0.4 is 5.32 Å². The number of unbranched alkanes of at least 4 members (excludes halogenated alkanes) is 1. The summed E-state index contributed by atoms with van der Waals surface area (Å²) < 4.78 is 6.13. The Bertz CT molecular complexity index is 662. The van der Waals surface area contributed by atoms with Crippen LogP contribution in [-0.2, 0) is 14.3 Å². The second-order valence-corrected chi connectivity index (χ2v) is 7.21. The summed E-state index contributed by atoms with van der Waals surface area (Å²) in [6, 6.07) is 4.62. The molecule has 1 aliphatic heterocycles. The van der Waals surface area contributed by atoms with E-state index in [1.807, 2.05) is 19.9 Å². The van der Waals surface area contributed by atoms with Gasteiger partial charge in [-0.3, -0.25) is 14.4 Å². The Hall–Kier alpha value is -1.64. The van der Waals surface area contributed by atoms with Crippen LogP contribution in [-0.4, -0.2) is 48.4 Å². The number of nitrogens with one attached hydrogen (secondary N) is 1. The van der Waals surface area contributed by atoms with Gasteiger partial charge in [-0.15, -0.1) is 0 Å². The van der Waals surface area contributed by atoms with Crippen LogP contribution in [0.3, 0.4) is 0 Å². The third kappa shape index (κ3) is 5.17. The van der Waals surface area contributed by atoms with E-state index in [1.165, 1.54) is 4.90 Å². The minimum Gasteiger partial charge on any atom is -0.466 e. The molecule has 7 heteroatoms. The summed E-state index contributed by atoms with van der Waals surface area (Å²) in [6.45, 7) is 5.08. The average Bonchev–Trinajstić information content (AvgIpc) is 2.59. The van der Waals surface area contributed by atoms with Crippen molar-refractivity contribution in [3.8, 4) is 0 Å². The molecule has 0 radical (unpaired) electrons. The van der Waals surface area contributed by atoms with Crippen LogP contribution in [0, 0.1) is 10.5 Å². The lowest BCUT2D eigenvalue weighted by Gasteiger charge is -2.34. The number of aryl methyl sites for hydroxylation is 1. The van der Waals surface area contributed by atoms with Crippen LogP contribution in [0.1, 0.15) is 42.1 Å². The quantitative estimate of drug-likeness (QED) is 0.403. The molecule has 0 aliphatic carbocycles. The summed E-state index contributed by atoms with van der Waals surface area (Å²) >= 11 is 2.18. The molecule has 2 amide bonds. The molecule has 1 unspecified atom stereocenters. The second kappa shape index (κ2) is 9.17. The van der Waals surface area contributed by atoms with E-state index in [0.717, 1.165) is 22.0 Å². The van der Waals surface area contributed by atoms with Crippen molar-refractivity contribution >= 4 is 40.4 Å². The molecule has 0 saturated carbocycles. The molecule has 25 heavy (non-hydrogen) atoms. The maximum absolute atomic E-state index is 12.9. The number of piperazine rings is 1. The third-order valence-corrected chi connectivity index (χ3v) is 5.29. The van der Waals surface area contributed by atoms with Crippen molar-refractivity contribution in [3.63, 3.8) is 0 Å². The van der Waals surface area contributed by atoms with Crippen molar-refractivity contribution in [1.82, 2.24) is 10.2 Å². The number of carbonyl (C=O) groups excluding carboxylic acids is 3. The fourth-order valence-electron chi connectivity index (χ4n) is 2.60. The fourth-order valence-corrected chi connectivity index (χ4v) is 3.11. The van der Waals surface area contributed by atoms with Gasteiger partial charge in [-0.05, 0) is 53.6 Å². The van der Waals surface area contributed by atoms with Gasteiger partial charge in [0.05, 0.1) is 13.0 Å². The van der Waals surface area contributed by atoms with Crippen LogP contribution in [0.25, 0.3) is 0 Å². The first-order valence-electron chi connectivity index (χ1n) is 8.44. The number of ether oxygens (including phenoxy) is 1. The molecule has 2 rings (SSSR count). The van der Waals surface area contributed by atoms with Crippen molar-refractivity contribution in [2.24, 2.45) is 0 Å². The Labute approximate surface area is 161 Å². The summed E-state index contributed by atoms with van der Waals surface area (Å²) in [5, 5.41) is 2.72. The summed E-state index contributed by atoms with van der Waals surface area (Å²) in [5.74, 6) is -1.00. The highest BCUT2D eigenvalue weighted by molar-refractivity contribution is 14.1. The summed E-state index contributed by atoms with van der Waals surface area (Å²) in [7, 11) is 0. The smallest absolute Gasteiger partial charge is 0.308 e. The number of halogens is 1. The van der Waals surface area contributed by atoms with Gasteiger partial charge in [-0.1, -0.05) is 19.4 Å². The maximum atomic E-state index is 12.9. The molecule has 0 aromatic heterocycles. The van der Waals surface area contributed by atoms with Crippen LogP contribution in [0.15, 0.2) is 18.2 Å². The largest absolute Gasteiger partial charge is 0.466 e. The minimum atomic E-state index is -0.825. The van der Waals surface area contributed by atoms with Crippen molar-refractivity contribution in [2.45, 2.75) is 39.2 Å². The van der Waals surface area contributed by atoms with Gasteiger partial charge in [-0.25, -0.2) is 0 Å². The van der Waals surface area contributed by atoms with Crippen LogP contribution in [0.4, 0.5) is 0 Å². The van der Waals surface area contributed by atoms with E-state index in [1.54, 1.807) is 12.1 Å². The number of hydrogen-bond acceptors (Lipinski definition) is 4. The first-order valence-corrected chi connectivity index (χ1v) is 9.52. The molecule has 1 atom stereocenters. The second-order valence-electron chi connectivity index (χ2n) is 6.05. The monoisotopic (exact) mass is 458 g/mol. The molecule has 136 valence electrons. The lowest BCUT2D eigenvalue weighted by Crippen LogP contribution is -2.57. The number of carbonyl (C=O) groups is 3. The molecular formula is C18H23IN2O4. The lowest BCUT2D eigenvalue weighted by molar-refractivity contribution is -0.147. The van der Waals surface area contributed by atoms with E-state index in [2.05, 4.69) is 27.9 Å². The molecule has 1 fully saturated rings. The first kappa shape index (κ1) is 19.7. The summed E-state index contributed by atoms with van der Waals surface area (Å²) in [6.07, 6.45) is 1.59. The molecule has 1 N–H and O–H groups in total. The number of rotatable bonds is 6. The third-order valence-electron chi connectivity index (χ3n) is 4.13. The normalized spacial score (nSPS) is 17.2. The van der Waals surface area contributed by atoms with Crippen LogP contribution in [0.2, 0.25) is 0 Å². The van der Waals surface area contributed by atoms with Gasteiger partial charge in [0.25, 0.3) is 5.91 Å². The zero-order chi connectivity index (χ0) is 18.4. The van der Waals surface area contributed by atoms with E-state index in [-0.39, 0.29) is 18.2 Å². The molecule has 0 spiro atoms. The van der Waals surface area contributed by atoms with Gasteiger partial charge in [0, 0.05) is 22.2 Å². The van der Waals surface area contributed by atoms with Gasteiger partial charge < -0.3 is 15.0 Å². The summed E-state index contributed by atoms with van der Waals surface area (Å²) in [5.41, 5.74) is 1.61. The van der Waals surface area contributed by atoms with Gasteiger partial charge in [-0.2, -0.15) is 0 Å². The Balaban J connectivity index is 2.12. The fraction of sp³-hybridized carbons (Fsp3) is 0.500. The van der Waals surface area contributed by atoms with E-state index < -0.39 is 12.0 Å². The molecule has 1 saturated heterocycles. The number of esters is 1. The zero-order valence-corrected chi connectivity index (χ0v) is 16.7. The molecular weight excluding hydrogens is 435 g/mol. The average molecular weight is 458 g/mol. The minimum absolute atomic E-state index is 0.121. The van der Waals surface area contributed by atoms with E-state index in [9.17, 15) is 14.4 Å². The molecule has 0 bridgehead atoms. The van der Waals surface area contributed by atoms with E-state index in [4.69, 9.17) is 4.74 Å². The number of benzene rings is 1. The molecule has 1 aliphatic rings. The standard InChI is InChI=1S/C18H23IN2O4/c1-3-4-9-25-16(22)11-15-17(23)20-7-8-21(15)18(24)13-6-5-12(2)14(19)10-13/h5-6,10,15H,3-4,7-9,11H2,1-2H3,(H,20,23). The molecule has 1 aromatic rings. The van der Waals surface area contributed by atoms with Crippen molar-refractivity contribution in [2.75, 3.05) is 19.7 Å². The van der Waals surface area contributed by atoms with Crippen molar-refractivity contribution in [3.05, 3.63) is 32.9 Å². The van der Waals surface area contributed by atoms with Gasteiger partial charge >= 0.3 is 5.97 Å². The van der Waals surface area contributed by atoms with Gasteiger partial charge in [0.15, 0.2) is 0 Å². The highest BCUT2D eigenvalue weighted by Gasteiger charge is 2.35. The Kier molecular flexibility index (Phi) is 7.22. The van der Waals surface area contributed by atoms with Gasteiger partial charge in [0.1, 0.15) is 6.04 Å². The Morgan fingerprint density at radius 2 is 2.16 bits per heavy atom. The Morgan fingerprint density at radius 3 is 2.84 bits per heavy atom. The molecule has 1 aromatic carbocycles. The predicted molar refractivity (Wildman–Crippen MR) is 102 cm³/mol. The topological polar surface area (TPSA) is 75.7 Å². The first-order chi connectivity index (χ1) is 11.9. The van der Waals surface area contributed by atoms with Crippen molar-refractivity contribution < 1.29 is 19.1 Å². The van der Waals surface area contributed by atoms with Crippen LogP contribution >= 0.6 is 22.6 Å². The highest BCUT2D eigenvalue weighted by Crippen LogP contribution is 2.18. The lowest BCUT2D eigenvalue weighted by atomic mass is 10.1. The maximum Gasteiger partial charge on any atom is 0.308 e. The van der Waals surface area contributed by atoms with E-state index >= 15 is 0 Å². The van der Waals surface area contributed by atoms with Gasteiger partial charge in [0.2, 0.25) is 5.91 Å². The van der Waals surface area contributed by atoms with Crippen molar-refractivity contribution in [1.29, 1.82) is 0 Å². The SMILES string of the molecule is CCCCOC(=O)CC1C(=O)NCCN1C(=O)c1ccc(C)c(I)c1. The number of nitrogens with zero attached hydrogens (tertiary/aromatic N) is 1. The Morgan fingerprint density at radius 1 is 1.40 bits per heavy atom. The number of amides is 2. The zero-order valence-electron chi connectivity index (χ0n) is 14.5. The number of hydrogen-bond donors (Lipinski definition) is 1. The highest BCUT2D eigenvalue weighted by atomic mass is 127. The summed E-state index contributed by atoms with van der Waals surface area (Å²) in [4.78, 5) is 38.5.